The Morgan fingerprint density at radius 3 is 2.18 bits per heavy atom. The van der Waals surface area contributed by atoms with Gasteiger partial charge >= 0.3 is 11.9 Å². The third-order valence-electron chi connectivity index (χ3n) is 4.25. The fourth-order valence-corrected chi connectivity index (χ4v) is 2.96. The van der Waals surface area contributed by atoms with Crippen LogP contribution in [0.2, 0.25) is 0 Å². The quantitative estimate of drug-likeness (QED) is 0.0584. The molecule has 0 spiro atoms. The van der Waals surface area contributed by atoms with Gasteiger partial charge in [-0.05, 0) is 37.7 Å². The lowest BCUT2D eigenvalue weighted by atomic mass is 10.1. The summed E-state index contributed by atoms with van der Waals surface area (Å²) in [5, 5.41) is 25.0. The molecule has 0 aliphatic carbocycles. The number of hydrogen-bond acceptors (Lipinski definition) is 8. The standard InChI is InChI=1S/C18H33N7O7S/c1-33-8-6-11(25-15(29)10(19)4-5-14(27)28)16(30)23-9-13(26)24-12(17(31)32)3-2-7-22-18(20)21/h10-12H,2-9,19H2,1H3,(H,23,30)(H,24,26)(H,25,29)(H,27,28)(H,31,32)(H4,20,21,22). The number of carboxylic acid groups (broad SMARTS) is 2. The Morgan fingerprint density at radius 2 is 1.64 bits per heavy atom. The zero-order valence-corrected chi connectivity index (χ0v) is 19.2. The number of aliphatic carboxylic acids is 2. The maximum Gasteiger partial charge on any atom is 0.326 e. The summed E-state index contributed by atoms with van der Waals surface area (Å²) in [6.07, 6.45) is 2.04. The third kappa shape index (κ3) is 14.6. The van der Waals surface area contributed by atoms with E-state index in [0.29, 0.717) is 12.2 Å². The second-order valence-electron chi connectivity index (χ2n) is 7.01. The van der Waals surface area contributed by atoms with Crippen LogP contribution in [0.5, 0.6) is 0 Å². The van der Waals surface area contributed by atoms with E-state index < -0.39 is 54.3 Å². The molecular weight excluding hydrogens is 458 g/mol. The van der Waals surface area contributed by atoms with E-state index in [4.69, 9.17) is 22.3 Å². The number of amides is 3. The second-order valence-corrected chi connectivity index (χ2v) is 7.99. The highest BCUT2D eigenvalue weighted by molar-refractivity contribution is 7.98. The number of carboxylic acids is 2. The molecule has 0 fully saturated rings. The summed E-state index contributed by atoms with van der Waals surface area (Å²) in [6.45, 7) is -0.308. The van der Waals surface area contributed by atoms with Crippen LogP contribution >= 0.6 is 11.8 Å². The summed E-state index contributed by atoms with van der Waals surface area (Å²) < 4.78 is 0. The Balaban J connectivity index is 4.77. The van der Waals surface area contributed by atoms with Gasteiger partial charge in [-0.1, -0.05) is 0 Å². The lowest BCUT2D eigenvalue weighted by Gasteiger charge is -2.20. The Morgan fingerprint density at radius 1 is 0.970 bits per heavy atom. The molecule has 0 heterocycles. The van der Waals surface area contributed by atoms with Crippen LogP contribution in [-0.2, 0) is 24.0 Å². The normalized spacial score (nSPS) is 13.2. The molecule has 0 bridgehead atoms. The van der Waals surface area contributed by atoms with Gasteiger partial charge in [-0.2, -0.15) is 11.8 Å². The van der Waals surface area contributed by atoms with Crippen molar-refractivity contribution in [1.29, 1.82) is 0 Å². The highest BCUT2D eigenvalue weighted by Crippen LogP contribution is 2.03. The molecule has 0 saturated heterocycles. The van der Waals surface area contributed by atoms with Gasteiger partial charge in [0.2, 0.25) is 17.7 Å². The SMILES string of the molecule is CSCCC(NC(=O)C(N)CCC(=O)O)C(=O)NCC(=O)NC(CCCN=C(N)N)C(=O)O. The number of nitrogens with zero attached hydrogens (tertiary/aromatic N) is 1. The number of carbonyl (C=O) groups is 5. The number of nitrogens with one attached hydrogen (secondary N) is 3. The molecule has 33 heavy (non-hydrogen) atoms. The van der Waals surface area contributed by atoms with Crippen LogP contribution in [0.25, 0.3) is 0 Å². The molecule has 3 amide bonds. The highest BCUT2D eigenvalue weighted by Gasteiger charge is 2.25. The number of hydrogen-bond donors (Lipinski definition) is 8. The average Bonchev–Trinajstić information content (AvgIpc) is 2.74. The minimum Gasteiger partial charge on any atom is -0.481 e. The van der Waals surface area contributed by atoms with Crippen LogP contribution in [0.3, 0.4) is 0 Å². The van der Waals surface area contributed by atoms with Crippen molar-refractivity contribution >= 4 is 47.4 Å². The number of guanidine groups is 1. The first-order valence-corrected chi connectivity index (χ1v) is 11.5. The summed E-state index contributed by atoms with van der Waals surface area (Å²) in [7, 11) is 0. The molecular formula is C18H33N7O7S. The molecule has 0 radical (unpaired) electrons. The van der Waals surface area contributed by atoms with E-state index in [1.165, 1.54) is 11.8 Å². The largest absolute Gasteiger partial charge is 0.481 e. The molecule has 0 aromatic rings. The minimum absolute atomic E-state index is 0.0758. The van der Waals surface area contributed by atoms with Crippen LogP contribution in [0.15, 0.2) is 4.99 Å². The molecule has 0 aliphatic heterocycles. The number of carbonyl (C=O) groups excluding carboxylic acids is 3. The lowest BCUT2D eigenvalue weighted by Crippen LogP contribution is -2.53. The van der Waals surface area contributed by atoms with Gasteiger partial charge < -0.3 is 43.4 Å². The van der Waals surface area contributed by atoms with E-state index >= 15 is 0 Å². The molecule has 0 aromatic heterocycles. The molecule has 3 unspecified atom stereocenters. The van der Waals surface area contributed by atoms with Crippen LogP contribution in [0.1, 0.15) is 32.1 Å². The van der Waals surface area contributed by atoms with Crippen molar-refractivity contribution < 1.29 is 34.2 Å². The van der Waals surface area contributed by atoms with Crippen LogP contribution in [-0.4, -0.2) is 89.1 Å². The van der Waals surface area contributed by atoms with Gasteiger partial charge in [0.1, 0.15) is 12.1 Å². The van der Waals surface area contributed by atoms with Crippen molar-refractivity contribution in [3.63, 3.8) is 0 Å². The minimum atomic E-state index is -1.25. The summed E-state index contributed by atoms with van der Waals surface area (Å²) >= 11 is 1.43. The van der Waals surface area contributed by atoms with Gasteiger partial charge in [-0.3, -0.25) is 24.2 Å². The molecule has 0 saturated carbocycles. The first-order valence-electron chi connectivity index (χ1n) is 10.1. The third-order valence-corrected chi connectivity index (χ3v) is 4.90. The second kappa shape index (κ2) is 16.5. The maximum absolute atomic E-state index is 12.5. The van der Waals surface area contributed by atoms with Crippen LogP contribution < -0.4 is 33.2 Å². The molecule has 0 aromatic carbocycles. The van der Waals surface area contributed by atoms with Gasteiger partial charge in [-0.25, -0.2) is 4.79 Å². The molecule has 14 nitrogen and oxygen atoms in total. The zero-order chi connectivity index (χ0) is 25.4. The van der Waals surface area contributed by atoms with Gasteiger partial charge in [0, 0.05) is 13.0 Å². The average molecular weight is 492 g/mol. The highest BCUT2D eigenvalue weighted by atomic mass is 32.2. The Bertz CT molecular complexity index is 716. The summed E-state index contributed by atoms with van der Waals surface area (Å²) in [4.78, 5) is 62.4. The molecule has 0 aliphatic rings. The van der Waals surface area contributed by atoms with E-state index in [1.54, 1.807) is 0 Å². The molecule has 0 rings (SSSR count). The lowest BCUT2D eigenvalue weighted by molar-refractivity contribution is -0.142. The van der Waals surface area contributed by atoms with E-state index in [-0.39, 0.29) is 38.2 Å². The molecule has 15 heteroatoms. The van der Waals surface area contributed by atoms with Crippen molar-refractivity contribution in [2.75, 3.05) is 25.1 Å². The predicted octanol–water partition coefficient (Wildman–Crippen LogP) is -2.84. The topological polar surface area (TPSA) is 252 Å². The summed E-state index contributed by atoms with van der Waals surface area (Å²) in [5.74, 6) is -4.03. The Kier molecular flexibility index (Phi) is 15.0. The fourth-order valence-electron chi connectivity index (χ4n) is 2.49. The monoisotopic (exact) mass is 491 g/mol. The Labute approximate surface area is 195 Å². The van der Waals surface area contributed by atoms with E-state index in [9.17, 15) is 29.1 Å². The van der Waals surface area contributed by atoms with Crippen LogP contribution in [0, 0.1) is 0 Å². The Hall–Kier alpha value is -3.07. The van der Waals surface area contributed by atoms with Gasteiger partial charge in [0.25, 0.3) is 0 Å². The molecule has 11 N–H and O–H groups in total. The summed E-state index contributed by atoms with van der Waals surface area (Å²) in [6, 6.07) is -3.30. The maximum atomic E-state index is 12.5. The number of rotatable bonds is 17. The number of aliphatic imine (C=N–C) groups is 1. The van der Waals surface area contributed by atoms with Crippen molar-refractivity contribution in [3.05, 3.63) is 0 Å². The number of thioether (sulfide) groups is 1. The van der Waals surface area contributed by atoms with Crippen molar-refractivity contribution in [2.24, 2.45) is 22.2 Å². The van der Waals surface area contributed by atoms with Crippen molar-refractivity contribution in [1.82, 2.24) is 16.0 Å². The predicted molar refractivity (Wildman–Crippen MR) is 122 cm³/mol. The molecule has 3 atom stereocenters. The molecule has 188 valence electrons. The first-order chi connectivity index (χ1) is 15.5. The van der Waals surface area contributed by atoms with E-state index in [0.717, 1.165) is 0 Å². The summed E-state index contributed by atoms with van der Waals surface area (Å²) in [5.41, 5.74) is 16.0. The van der Waals surface area contributed by atoms with Crippen molar-refractivity contribution in [2.45, 2.75) is 50.2 Å². The van der Waals surface area contributed by atoms with Crippen molar-refractivity contribution in [3.8, 4) is 0 Å². The van der Waals surface area contributed by atoms with Gasteiger partial charge in [-0.15, -0.1) is 0 Å². The van der Waals surface area contributed by atoms with E-state index in [1.807, 2.05) is 6.26 Å². The smallest absolute Gasteiger partial charge is 0.326 e. The van der Waals surface area contributed by atoms with Gasteiger partial charge in [0.05, 0.1) is 12.6 Å². The zero-order valence-electron chi connectivity index (χ0n) is 18.4. The first kappa shape index (κ1) is 29.9. The van der Waals surface area contributed by atoms with E-state index in [2.05, 4.69) is 20.9 Å². The van der Waals surface area contributed by atoms with Gasteiger partial charge in [0.15, 0.2) is 5.96 Å². The number of nitrogens with two attached hydrogens (primary N) is 3. The van der Waals surface area contributed by atoms with Crippen LogP contribution in [0.4, 0.5) is 0 Å². The fraction of sp³-hybridized carbons (Fsp3) is 0.667.